The number of hydrogen-bond acceptors (Lipinski definition) is 5. The van der Waals surface area contributed by atoms with Crippen LogP contribution in [0.5, 0.6) is 0 Å². The van der Waals surface area contributed by atoms with Crippen molar-refractivity contribution in [2.45, 2.75) is 103 Å². The largest absolute Gasteiger partial charge is 0.388 e. The van der Waals surface area contributed by atoms with Gasteiger partial charge in [-0.1, -0.05) is 23.3 Å². The third-order valence-electron chi connectivity index (χ3n) is 5.89. The number of rotatable bonds is 6. The second kappa shape index (κ2) is 8.98. The minimum absolute atomic E-state index is 0.326. The summed E-state index contributed by atoms with van der Waals surface area (Å²) in [6.07, 6.45) is 4.06. The summed E-state index contributed by atoms with van der Waals surface area (Å²) in [5.41, 5.74) is 2.21. The molecule has 2 rings (SSSR count). The van der Waals surface area contributed by atoms with E-state index in [4.69, 9.17) is 9.47 Å². The summed E-state index contributed by atoms with van der Waals surface area (Å²) < 4.78 is 12.0. The van der Waals surface area contributed by atoms with Gasteiger partial charge < -0.3 is 24.8 Å². The zero-order valence-electron chi connectivity index (χ0n) is 16.8. The van der Waals surface area contributed by atoms with E-state index in [0.29, 0.717) is 5.92 Å². The summed E-state index contributed by atoms with van der Waals surface area (Å²) in [6, 6.07) is 0. The number of ether oxygens (including phenoxy) is 2. The first-order chi connectivity index (χ1) is 12.1. The van der Waals surface area contributed by atoms with Gasteiger partial charge in [0.1, 0.15) is 18.3 Å². The van der Waals surface area contributed by atoms with Crippen molar-refractivity contribution in [3.05, 3.63) is 23.3 Å². The lowest BCUT2D eigenvalue weighted by Gasteiger charge is -2.46. The molecule has 0 aromatic heterocycles. The van der Waals surface area contributed by atoms with Crippen molar-refractivity contribution in [1.82, 2.24) is 0 Å². The van der Waals surface area contributed by atoms with Gasteiger partial charge in [-0.2, -0.15) is 0 Å². The molecule has 150 valence electrons. The van der Waals surface area contributed by atoms with Gasteiger partial charge in [-0.3, -0.25) is 0 Å². The fraction of sp³-hybridized carbons (Fsp3) is 0.810. The van der Waals surface area contributed by atoms with Crippen molar-refractivity contribution in [3.8, 4) is 0 Å². The Morgan fingerprint density at radius 1 is 1.27 bits per heavy atom. The van der Waals surface area contributed by atoms with Gasteiger partial charge in [-0.25, -0.2) is 0 Å². The van der Waals surface area contributed by atoms with Crippen LogP contribution < -0.4 is 0 Å². The van der Waals surface area contributed by atoms with Crippen LogP contribution in [0.1, 0.15) is 66.7 Å². The number of hydrogen-bond donors (Lipinski definition) is 3. The van der Waals surface area contributed by atoms with Crippen LogP contribution in [0.15, 0.2) is 23.3 Å². The van der Waals surface area contributed by atoms with Crippen LogP contribution in [-0.2, 0) is 9.47 Å². The average molecular weight is 369 g/mol. The van der Waals surface area contributed by atoms with Crippen molar-refractivity contribution in [2.75, 3.05) is 0 Å². The molecule has 5 heteroatoms. The van der Waals surface area contributed by atoms with Gasteiger partial charge in [0, 0.05) is 0 Å². The number of allylic oxidation sites excluding steroid dienone is 4. The first-order valence-corrected chi connectivity index (χ1v) is 9.80. The van der Waals surface area contributed by atoms with Crippen LogP contribution in [-0.4, -0.2) is 51.6 Å². The maximum atomic E-state index is 10.4. The lowest BCUT2D eigenvalue weighted by Crippen LogP contribution is -2.59. The monoisotopic (exact) mass is 368 g/mol. The van der Waals surface area contributed by atoms with Crippen molar-refractivity contribution in [1.29, 1.82) is 0 Å². The maximum absolute atomic E-state index is 10.4. The molecule has 3 N–H and O–H groups in total. The molecule has 26 heavy (non-hydrogen) atoms. The molecule has 0 saturated carbocycles. The predicted molar refractivity (Wildman–Crippen MR) is 102 cm³/mol. The fourth-order valence-corrected chi connectivity index (χ4v) is 3.90. The lowest BCUT2D eigenvalue weighted by molar-refractivity contribution is -0.325. The van der Waals surface area contributed by atoms with E-state index < -0.39 is 36.3 Å². The zero-order chi connectivity index (χ0) is 19.5. The summed E-state index contributed by atoms with van der Waals surface area (Å²) in [5, 5.41) is 30.4. The van der Waals surface area contributed by atoms with Crippen LogP contribution >= 0.6 is 0 Å². The van der Waals surface area contributed by atoms with Crippen LogP contribution in [0, 0.1) is 5.92 Å². The maximum Gasteiger partial charge on any atom is 0.187 e. The van der Waals surface area contributed by atoms with Gasteiger partial charge in [0.2, 0.25) is 0 Å². The third kappa shape index (κ3) is 5.17. The molecule has 5 nitrogen and oxygen atoms in total. The van der Waals surface area contributed by atoms with E-state index in [1.165, 1.54) is 11.1 Å². The van der Waals surface area contributed by atoms with Gasteiger partial charge in [-0.15, -0.1) is 0 Å². The number of aliphatic hydroxyl groups excluding tert-OH is 3. The molecular weight excluding hydrogens is 332 g/mol. The first kappa shape index (κ1) is 21.6. The Morgan fingerprint density at radius 2 is 1.96 bits per heavy atom. The van der Waals surface area contributed by atoms with Gasteiger partial charge >= 0.3 is 0 Å². The van der Waals surface area contributed by atoms with E-state index >= 15 is 0 Å². The van der Waals surface area contributed by atoms with E-state index in [1.54, 1.807) is 6.92 Å². The van der Waals surface area contributed by atoms with Crippen molar-refractivity contribution in [2.24, 2.45) is 5.92 Å². The quantitative estimate of drug-likeness (QED) is 0.628. The summed E-state index contributed by atoms with van der Waals surface area (Å²) in [7, 11) is 0. The smallest absolute Gasteiger partial charge is 0.187 e. The van der Waals surface area contributed by atoms with Gasteiger partial charge in [0.25, 0.3) is 0 Å². The molecule has 1 fully saturated rings. The summed E-state index contributed by atoms with van der Waals surface area (Å²) in [6.45, 7) is 10.1. The molecular formula is C21H36O5. The van der Waals surface area contributed by atoms with Crippen molar-refractivity contribution < 1.29 is 24.8 Å². The van der Waals surface area contributed by atoms with E-state index in [2.05, 4.69) is 39.8 Å². The standard InChI is InChI=1S/C21H36O5/c1-13(2)7-6-12-21(5,16-10-8-14(3)9-11-16)26-20-19(24)18(23)17(22)15(4)25-20/h7-8,15-20,22-24H,6,9-12H2,1-5H3. The molecule has 7 unspecified atom stereocenters. The lowest BCUT2D eigenvalue weighted by atomic mass is 9.76. The molecule has 7 atom stereocenters. The second-order valence-electron chi connectivity index (χ2n) is 8.45. The minimum Gasteiger partial charge on any atom is -0.388 e. The highest BCUT2D eigenvalue weighted by atomic mass is 16.7. The summed E-state index contributed by atoms with van der Waals surface area (Å²) in [5.74, 6) is 0.326. The van der Waals surface area contributed by atoms with E-state index in [1.807, 2.05) is 0 Å². The van der Waals surface area contributed by atoms with Crippen molar-refractivity contribution in [3.63, 3.8) is 0 Å². The first-order valence-electron chi connectivity index (χ1n) is 9.80. The second-order valence-corrected chi connectivity index (χ2v) is 8.45. The zero-order valence-corrected chi connectivity index (χ0v) is 16.8. The Kier molecular flexibility index (Phi) is 7.45. The molecule has 1 heterocycles. The van der Waals surface area contributed by atoms with E-state index in [9.17, 15) is 15.3 Å². The average Bonchev–Trinajstić information content (AvgIpc) is 2.58. The molecule has 1 saturated heterocycles. The Labute approximate surface area is 157 Å². The molecule has 0 spiro atoms. The number of aliphatic hydroxyl groups is 3. The summed E-state index contributed by atoms with van der Waals surface area (Å²) in [4.78, 5) is 0. The predicted octanol–water partition coefficient (Wildman–Crippen LogP) is 3.08. The highest BCUT2D eigenvalue weighted by Crippen LogP contribution is 2.40. The molecule has 0 aromatic rings. The Hall–Kier alpha value is -0.720. The van der Waals surface area contributed by atoms with Crippen LogP contribution in [0.3, 0.4) is 0 Å². The van der Waals surface area contributed by atoms with Crippen LogP contribution in [0.4, 0.5) is 0 Å². The third-order valence-corrected chi connectivity index (χ3v) is 5.89. The molecule has 1 aliphatic heterocycles. The Morgan fingerprint density at radius 3 is 2.54 bits per heavy atom. The molecule has 2 aliphatic rings. The highest BCUT2D eigenvalue weighted by Gasteiger charge is 2.46. The van der Waals surface area contributed by atoms with Gasteiger partial charge in [0.15, 0.2) is 6.29 Å². The Balaban J connectivity index is 2.16. The topological polar surface area (TPSA) is 79.2 Å². The molecule has 0 amide bonds. The molecule has 0 radical (unpaired) electrons. The van der Waals surface area contributed by atoms with Gasteiger partial charge in [-0.05, 0) is 72.6 Å². The minimum atomic E-state index is -1.26. The summed E-state index contributed by atoms with van der Waals surface area (Å²) >= 11 is 0. The molecule has 1 aliphatic carbocycles. The van der Waals surface area contributed by atoms with E-state index in [-0.39, 0.29) is 0 Å². The van der Waals surface area contributed by atoms with Gasteiger partial charge in [0.05, 0.1) is 11.7 Å². The van der Waals surface area contributed by atoms with Crippen molar-refractivity contribution >= 4 is 0 Å². The highest BCUT2D eigenvalue weighted by molar-refractivity contribution is 5.07. The molecule has 0 bridgehead atoms. The van der Waals surface area contributed by atoms with E-state index in [0.717, 1.165) is 32.1 Å². The Bertz CT molecular complexity index is 524. The fourth-order valence-electron chi connectivity index (χ4n) is 3.90. The van der Waals surface area contributed by atoms with Crippen LogP contribution in [0.25, 0.3) is 0 Å². The van der Waals surface area contributed by atoms with Crippen LogP contribution in [0.2, 0.25) is 0 Å². The molecule has 0 aromatic carbocycles. The normalized spacial score (nSPS) is 37.6. The SMILES string of the molecule is CC(C)=CCCC(C)(OC1OC(C)C(O)C(O)C1O)C1CC=C(C)CC1.